The van der Waals surface area contributed by atoms with Crippen LogP contribution in [0.5, 0.6) is 0 Å². The van der Waals surface area contributed by atoms with Crippen molar-refractivity contribution < 1.29 is 9.59 Å². The molecule has 1 aromatic carbocycles. The fourth-order valence-corrected chi connectivity index (χ4v) is 6.10. The van der Waals surface area contributed by atoms with E-state index in [0.717, 1.165) is 27.4 Å². The topological polar surface area (TPSA) is 80.1 Å². The third-order valence-corrected chi connectivity index (χ3v) is 8.09. The summed E-state index contributed by atoms with van der Waals surface area (Å²) in [5.41, 5.74) is 3.64. The van der Waals surface area contributed by atoms with Crippen LogP contribution in [-0.2, 0) is 7.05 Å². The van der Waals surface area contributed by atoms with E-state index in [4.69, 9.17) is 11.6 Å². The molecule has 1 saturated carbocycles. The summed E-state index contributed by atoms with van der Waals surface area (Å²) in [6, 6.07) is 8.11. The van der Waals surface area contributed by atoms with Gasteiger partial charge < -0.3 is 10.2 Å². The Morgan fingerprint density at radius 3 is 2.76 bits per heavy atom. The van der Waals surface area contributed by atoms with E-state index >= 15 is 0 Å². The average molecular weight is 484 g/mol. The van der Waals surface area contributed by atoms with Gasteiger partial charge in [0.1, 0.15) is 10.8 Å². The van der Waals surface area contributed by atoms with Crippen LogP contribution >= 0.6 is 22.9 Å². The molecule has 3 heterocycles. The number of nitrogens with zero attached hydrogens (tertiary/aromatic N) is 4. The molecule has 2 fully saturated rings. The van der Waals surface area contributed by atoms with E-state index in [-0.39, 0.29) is 17.9 Å². The smallest absolute Gasteiger partial charge is 0.274 e. The predicted molar refractivity (Wildman–Crippen MR) is 129 cm³/mol. The van der Waals surface area contributed by atoms with Crippen molar-refractivity contribution in [3.63, 3.8) is 0 Å². The number of fused-ring (bicyclic) bond motifs is 1. The SMILES string of the molecule is Cc1cccc(-c2sc(C)nc2C(=O)N2C[C@H]3C[C@H]3[C@H]2CNC(=O)c2c(C)nn(C)c2Cl)c1. The van der Waals surface area contributed by atoms with Crippen LogP contribution in [0.1, 0.15) is 43.5 Å². The Morgan fingerprint density at radius 2 is 2.06 bits per heavy atom. The molecule has 0 bridgehead atoms. The van der Waals surface area contributed by atoms with E-state index in [2.05, 4.69) is 21.5 Å². The van der Waals surface area contributed by atoms with E-state index in [1.807, 2.05) is 36.9 Å². The summed E-state index contributed by atoms with van der Waals surface area (Å²) in [7, 11) is 1.71. The molecule has 7 nitrogen and oxygen atoms in total. The number of thiazole rings is 1. The number of amides is 2. The summed E-state index contributed by atoms with van der Waals surface area (Å²) >= 11 is 7.80. The Morgan fingerprint density at radius 1 is 1.27 bits per heavy atom. The zero-order valence-electron chi connectivity index (χ0n) is 19.1. The van der Waals surface area contributed by atoms with Gasteiger partial charge in [-0.1, -0.05) is 41.4 Å². The van der Waals surface area contributed by atoms with Crippen molar-refractivity contribution >= 4 is 34.8 Å². The molecule has 1 N–H and O–H groups in total. The van der Waals surface area contributed by atoms with Crippen molar-refractivity contribution in [2.24, 2.45) is 18.9 Å². The van der Waals surface area contributed by atoms with Gasteiger partial charge >= 0.3 is 0 Å². The summed E-state index contributed by atoms with van der Waals surface area (Å²) in [4.78, 5) is 33.9. The minimum Gasteiger partial charge on any atom is -0.350 e. The minimum atomic E-state index is -0.257. The number of benzene rings is 1. The van der Waals surface area contributed by atoms with Gasteiger partial charge in [-0.25, -0.2) is 4.98 Å². The van der Waals surface area contributed by atoms with Gasteiger partial charge in [0.15, 0.2) is 0 Å². The monoisotopic (exact) mass is 483 g/mol. The lowest BCUT2D eigenvalue weighted by molar-refractivity contribution is 0.0690. The molecule has 2 aliphatic rings. The Balaban J connectivity index is 1.37. The van der Waals surface area contributed by atoms with Crippen LogP contribution in [0, 0.1) is 32.6 Å². The molecule has 0 unspecified atom stereocenters. The highest BCUT2D eigenvalue weighted by molar-refractivity contribution is 7.15. The van der Waals surface area contributed by atoms with Crippen molar-refractivity contribution in [1.29, 1.82) is 0 Å². The summed E-state index contributed by atoms with van der Waals surface area (Å²) in [5, 5.41) is 8.40. The largest absolute Gasteiger partial charge is 0.350 e. The second-order valence-electron chi connectivity index (χ2n) is 9.05. The van der Waals surface area contributed by atoms with E-state index < -0.39 is 0 Å². The predicted octanol–water partition coefficient (Wildman–Crippen LogP) is 4.01. The molecule has 0 radical (unpaired) electrons. The quantitative estimate of drug-likeness (QED) is 0.594. The Labute approximate surface area is 201 Å². The zero-order valence-corrected chi connectivity index (χ0v) is 20.6. The summed E-state index contributed by atoms with van der Waals surface area (Å²) in [6.07, 6.45) is 1.10. The average Bonchev–Trinajstić information content (AvgIpc) is 3.15. The fraction of sp³-hybridized carbons (Fsp3) is 0.417. The van der Waals surface area contributed by atoms with Gasteiger partial charge in [0.2, 0.25) is 0 Å². The lowest BCUT2D eigenvalue weighted by atomic mass is 10.1. The van der Waals surface area contributed by atoms with E-state index in [1.165, 1.54) is 4.68 Å². The van der Waals surface area contributed by atoms with Gasteiger partial charge in [0.05, 0.1) is 27.2 Å². The molecule has 0 spiro atoms. The van der Waals surface area contributed by atoms with Crippen LogP contribution in [0.25, 0.3) is 10.4 Å². The third kappa shape index (κ3) is 3.95. The number of carbonyl (C=O) groups is 2. The number of piperidine rings is 1. The van der Waals surface area contributed by atoms with Crippen LogP contribution in [0.3, 0.4) is 0 Å². The molecule has 1 saturated heterocycles. The fourth-order valence-electron chi connectivity index (χ4n) is 4.93. The van der Waals surface area contributed by atoms with E-state index in [9.17, 15) is 9.59 Å². The molecule has 1 aliphatic carbocycles. The van der Waals surface area contributed by atoms with Gasteiger partial charge in [0, 0.05) is 20.1 Å². The maximum absolute atomic E-state index is 13.7. The number of hydrogen-bond acceptors (Lipinski definition) is 5. The molecule has 9 heteroatoms. The van der Waals surface area contributed by atoms with Gasteiger partial charge in [0.25, 0.3) is 11.8 Å². The molecule has 33 heavy (non-hydrogen) atoms. The van der Waals surface area contributed by atoms with E-state index in [1.54, 1.807) is 25.3 Å². The van der Waals surface area contributed by atoms with Crippen LogP contribution in [0.15, 0.2) is 24.3 Å². The van der Waals surface area contributed by atoms with Crippen molar-refractivity contribution in [2.75, 3.05) is 13.1 Å². The maximum Gasteiger partial charge on any atom is 0.274 e. The van der Waals surface area contributed by atoms with Gasteiger partial charge in [-0.05, 0) is 44.6 Å². The number of rotatable bonds is 5. The van der Waals surface area contributed by atoms with Crippen LogP contribution in [0.4, 0.5) is 0 Å². The number of halogens is 1. The Kier molecular flexibility index (Phi) is 5.53. The van der Waals surface area contributed by atoms with Crippen molar-refractivity contribution in [1.82, 2.24) is 25.0 Å². The van der Waals surface area contributed by atoms with Crippen molar-refractivity contribution in [3.05, 3.63) is 56.9 Å². The normalized spacial score (nSPS) is 21.2. The van der Waals surface area contributed by atoms with Gasteiger partial charge in [-0.15, -0.1) is 11.3 Å². The molecular weight excluding hydrogens is 458 g/mol. The first-order valence-corrected chi connectivity index (χ1v) is 12.3. The lowest BCUT2D eigenvalue weighted by Gasteiger charge is -2.27. The first-order valence-electron chi connectivity index (χ1n) is 11.1. The van der Waals surface area contributed by atoms with Crippen LogP contribution in [0.2, 0.25) is 5.15 Å². The first kappa shape index (κ1) is 22.1. The molecule has 2 amide bonds. The van der Waals surface area contributed by atoms with Crippen molar-refractivity contribution in [3.8, 4) is 10.4 Å². The lowest BCUT2D eigenvalue weighted by Crippen LogP contribution is -2.45. The first-order chi connectivity index (χ1) is 15.7. The highest BCUT2D eigenvalue weighted by Crippen LogP contribution is 2.50. The van der Waals surface area contributed by atoms with Gasteiger partial charge in [-0.2, -0.15) is 5.10 Å². The molecule has 1 aliphatic heterocycles. The summed E-state index contributed by atoms with van der Waals surface area (Å²) < 4.78 is 1.49. The summed E-state index contributed by atoms with van der Waals surface area (Å²) in [6.45, 7) is 6.84. The Bertz CT molecular complexity index is 1270. The number of aromatic nitrogens is 3. The van der Waals surface area contributed by atoms with Crippen LogP contribution < -0.4 is 5.32 Å². The molecule has 3 atom stereocenters. The molecular formula is C24H26ClN5O2S. The highest BCUT2D eigenvalue weighted by Gasteiger charge is 2.54. The van der Waals surface area contributed by atoms with Crippen LogP contribution in [-0.4, -0.2) is 50.6 Å². The highest BCUT2D eigenvalue weighted by atomic mass is 35.5. The maximum atomic E-state index is 13.7. The zero-order chi connectivity index (χ0) is 23.4. The van der Waals surface area contributed by atoms with E-state index in [0.29, 0.717) is 47.0 Å². The third-order valence-electron chi connectivity index (χ3n) is 6.63. The molecule has 3 aromatic rings. The number of likely N-dealkylation sites (tertiary alicyclic amines) is 1. The second-order valence-corrected chi connectivity index (χ2v) is 10.6. The van der Waals surface area contributed by atoms with Crippen molar-refractivity contribution in [2.45, 2.75) is 33.2 Å². The Hall–Kier alpha value is -2.71. The molecule has 2 aromatic heterocycles. The number of aryl methyl sites for hydroxylation is 4. The second kappa shape index (κ2) is 8.25. The number of nitrogens with one attached hydrogen (secondary N) is 1. The number of carbonyl (C=O) groups excluding carboxylic acids is 2. The molecule has 5 rings (SSSR count). The molecule has 172 valence electrons. The summed E-state index contributed by atoms with van der Waals surface area (Å²) in [5.74, 6) is 0.605. The van der Waals surface area contributed by atoms with Gasteiger partial charge in [-0.3, -0.25) is 14.3 Å². The standard InChI is InChI=1S/C24H26ClN5O2S/c1-12-6-5-7-15(8-12)21-20(27-14(3)33-21)24(32)30-11-16-9-17(16)18(30)10-26-23(31)19-13(2)28-29(4)22(19)25/h5-8,16-18H,9-11H2,1-4H3,(H,26,31)/t16-,17-,18-/m1/s1. The number of hydrogen-bond donors (Lipinski definition) is 1. The minimum absolute atomic E-state index is 0.0467.